The first-order chi connectivity index (χ1) is 9.40. The summed E-state index contributed by atoms with van der Waals surface area (Å²) in [6, 6.07) is 5.37. The van der Waals surface area contributed by atoms with E-state index < -0.39 is 6.36 Å². The highest BCUT2D eigenvalue weighted by atomic mass is 35.5. The molecule has 0 atom stereocenters. The van der Waals surface area contributed by atoms with Gasteiger partial charge in [-0.3, -0.25) is 4.57 Å². The Hall–Kier alpha value is -1.76. The molecule has 0 spiro atoms. The van der Waals surface area contributed by atoms with Crippen molar-refractivity contribution in [2.75, 3.05) is 0 Å². The first-order valence-corrected chi connectivity index (χ1v) is 6.24. The fraction of sp³-hybridized carbons (Fsp3) is 0.333. The Morgan fingerprint density at radius 2 is 1.85 bits per heavy atom. The van der Waals surface area contributed by atoms with E-state index in [9.17, 15) is 13.2 Å². The van der Waals surface area contributed by atoms with E-state index in [-0.39, 0.29) is 11.0 Å². The Bertz CT molecular complexity index is 581. The molecule has 8 heteroatoms. The normalized spacial score (nSPS) is 11.7. The van der Waals surface area contributed by atoms with Crippen LogP contribution in [0.5, 0.6) is 5.75 Å². The molecule has 0 aliphatic carbocycles. The number of hydrogen-bond acceptors (Lipinski definition) is 3. The summed E-state index contributed by atoms with van der Waals surface area (Å²) in [7, 11) is 0. The van der Waals surface area contributed by atoms with Crippen LogP contribution in [0.4, 0.5) is 13.2 Å². The molecule has 0 aliphatic rings. The number of aromatic nitrogens is 3. The van der Waals surface area contributed by atoms with E-state index in [2.05, 4.69) is 14.9 Å². The lowest BCUT2D eigenvalue weighted by atomic mass is 10.2. The van der Waals surface area contributed by atoms with Crippen LogP contribution < -0.4 is 4.74 Å². The standard InChI is InChI=1S/C12H11ClF3N3O/c1-2-3-10-17-18-11(13)19(10)8-4-6-9(7-5-8)20-12(14,15)16/h4-7H,2-3H2,1H3. The Labute approximate surface area is 118 Å². The molecule has 4 nitrogen and oxygen atoms in total. The van der Waals surface area contributed by atoms with E-state index in [4.69, 9.17) is 11.6 Å². The molecule has 0 saturated heterocycles. The van der Waals surface area contributed by atoms with Crippen LogP contribution in [0.25, 0.3) is 5.69 Å². The third-order valence-corrected chi connectivity index (χ3v) is 2.74. The van der Waals surface area contributed by atoms with Gasteiger partial charge in [-0.15, -0.1) is 23.4 Å². The topological polar surface area (TPSA) is 39.9 Å². The lowest BCUT2D eigenvalue weighted by Crippen LogP contribution is -2.17. The van der Waals surface area contributed by atoms with Crippen molar-refractivity contribution < 1.29 is 17.9 Å². The molecule has 0 saturated carbocycles. The molecule has 0 fully saturated rings. The summed E-state index contributed by atoms with van der Waals surface area (Å²) in [6.07, 6.45) is -3.19. The van der Waals surface area contributed by atoms with Gasteiger partial charge in [0.05, 0.1) is 5.69 Å². The van der Waals surface area contributed by atoms with Crippen molar-refractivity contribution in [2.45, 2.75) is 26.1 Å². The fourth-order valence-corrected chi connectivity index (χ4v) is 1.97. The smallest absolute Gasteiger partial charge is 0.406 e. The first-order valence-electron chi connectivity index (χ1n) is 5.86. The van der Waals surface area contributed by atoms with Gasteiger partial charge in [0.2, 0.25) is 5.28 Å². The summed E-state index contributed by atoms with van der Waals surface area (Å²) in [5.41, 5.74) is 0.581. The van der Waals surface area contributed by atoms with Crippen LogP contribution in [0.1, 0.15) is 19.2 Å². The zero-order valence-electron chi connectivity index (χ0n) is 10.5. The number of alkyl halides is 3. The molecule has 2 aromatic rings. The maximum atomic E-state index is 12.1. The van der Waals surface area contributed by atoms with Crippen LogP contribution in [0.3, 0.4) is 0 Å². The zero-order valence-corrected chi connectivity index (χ0v) is 11.2. The molecule has 0 unspecified atom stereocenters. The van der Waals surface area contributed by atoms with Crippen molar-refractivity contribution in [3.8, 4) is 11.4 Å². The molecule has 1 aromatic carbocycles. The average Bonchev–Trinajstić information content (AvgIpc) is 2.70. The number of rotatable bonds is 4. The fourth-order valence-electron chi connectivity index (χ4n) is 1.73. The molecule has 0 N–H and O–H groups in total. The number of ether oxygens (including phenoxy) is 1. The van der Waals surface area contributed by atoms with Gasteiger partial charge < -0.3 is 4.74 Å². The van der Waals surface area contributed by atoms with Gasteiger partial charge in [0.25, 0.3) is 0 Å². The van der Waals surface area contributed by atoms with Crippen LogP contribution in [0, 0.1) is 0 Å². The van der Waals surface area contributed by atoms with Gasteiger partial charge in [-0.2, -0.15) is 0 Å². The molecular formula is C12H11ClF3N3O. The van der Waals surface area contributed by atoms with Crippen molar-refractivity contribution in [1.82, 2.24) is 14.8 Å². The summed E-state index contributed by atoms with van der Waals surface area (Å²) < 4.78 is 41.6. The summed E-state index contributed by atoms with van der Waals surface area (Å²) in [4.78, 5) is 0. The van der Waals surface area contributed by atoms with E-state index in [0.29, 0.717) is 17.9 Å². The molecule has 0 radical (unpaired) electrons. The highest BCUT2D eigenvalue weighted by molar-refractivity contribution is 6.28. The number of halogens is 4. The molecule has 0 aliphatic heterocycles. The van der Waals surface area contributed by atoms with Crippen molar-refractivity contribution in [1.29, 1.82) is 0 Å². The second-order valence-corrected chi connectivity index (χ2v) is 4.35. The Balaban J connectivity index is 2.28. The predicted molar refractivity (Wildman–Crippen MR) is 67.0 cm³/mol. The minimum Gasteiger partial charge on any atom is -0.406 e. The van der Waals surface area contributed by atoms with Crippen molar-refractivity contribution in [3.05, 3.63) is 35.4 Å². The minimum atomic E-state index is -4.71. The van der Waals surface area contributed by atoms with E-state index in [0.717, 1.165) is 6.42 Å². The lowest BCUT2D eigenvalue weighted by Gasteiger charge is -2.10. The maximum Gasteiger partial charge on any atom is 0.573 e. The molecular weight excluding hydrogens is 295 g/mol. The van der Waals surface area contributed by atoms with Crippen LogP contribution in [-0.4, -0.2) is 21.1 Å². The second-order valence-electron chi connectivity index (χ2n) is 4.01. The molecule has 20 heavy (non-hydrogen) atoms. The largest absolute Gasteiger partial charge is 0.573 e. The number of hydrogen-bond donors (Lipinski definition) is 0. The van der Waals surface area contributed by atoms with E-state index >= 15 is 0 Å². The highest BCUT2D eigenvalue weighted by Crippen LogP contribution is 2.25. The molecule has 1 aromatic heterocycles. The summed E-state index contributed by atoms with van der Waals surface area (Å²) in [5.74, 6) is 0.365. The molecule has 0 bridgehead atoms. The van der Waals surface area contributed by atoms with Gasteiger partial charge in [-0.1, -0.05) is 6.92 Å². The number of nitrogens with zero attached hydrogens (tertiary/aromatic N) is 3. The van der Waals surface area contributed by atoms with Crippen LogP contribution >= 0.6 is 11.6 Å². The van der Waals surface area contributed by atoms with Crippen molar-refractivity contribution in [2.24, 2.45) is 0 Å². The van der Waals surface area contributed by atoms with Crippen molar-refractivity contribution in [3.63, 3.8) is 0 Å². The monoisotopic (exact) mass is 305 g/mol. The Morgan fingerprint density at radius 1 is 1.20 bits per heavy atom. The predicted octanol–water partition coefficient (Wildman–Crippen LogP) is 3.77. The molecule has 108 valence electrons. The first kappa shape index (κ1) is 14.6. The lowest BCUT2D eigenvalue weighted by molar-refractivity contribution is -0.274. The van der Waals surface area contributed by atoms with Crippen LogP contribution in [0.2, 0.25) is 5.28 Å². The van der Waals surface area contributed by atoms with Gasteiger partial charge in [0.1, 0.15) is 11.6 Å². The second kappa shape index (κ2) is 5.70. The highest BCUT2D eigenvalue weighted by Gasteiger charge is 2.31. The maximum absolute atomic E-state index is 12.1. The Morgan fingerprint density at radius 3 is 2.40 bits per heavy atom. The third kappa shape index (κ3) is 3.41. The van der Waals surface area contributed by atoms with Gasteiger partial charge >= 0.3 is 6.36 Å². The van der Waals surface area contributed by atoms with E-state index in [1.54, 1.807) is 4.57 Å². The van der Waals surface area contributed by atoms with Gasteiger partial charge in [-0.05, 0) is 42.3 Å². The zero-order chi connectivity index (χ0) is 14.8. The van der Waals surface area contributed by atoms with Crippen LogP contribution in [-0.2, 0) is 6.42 Å². The summed E-state index contributed by atoms with van der Waals surface area (Å²) in [5, 5.41) is 7.86. The molecule has 2 rings (SSSR count). The van der Waals surface area contributed by atoms with Crippen molar-refractivity contribution >= 4 is 11.6 Å². The SMILES string of the molecule is CCCc1nnc(Cl)n1-c1ccc(OC(F)(F)F)cc1. The van der Waals surface area contributed by atoms with Crippen LogP contribution in [0.15, 0.2) is 24.3 Å². The quantitative estimate of drug-likeness (QED) is 0.863. The molecule has 1 heterocycles. The molecule has 0 amide bonds. The van der Waals surface area contributed by atoms with Gasteiger partial charge in [0.15, 0.2) is 0 Å². The van der Waals surface area contributed by atoms with E-state index in [1.807, 2.05) is 6.92 Å². The van der Waals surface area contributed by atoms with E-state index in [1.165, 1.54) is 24.3 Å². The summed E-state index contributed by atoms with van der Waals surface area (Å²) in [6.45, 7) is 1.98. The van der Waals surface area contributed by atoms with Gasteiger partial charge in [0, 0.05) is 6.42 Å². The number of benzene rings is 1. The minimum absolute atomic E-state index is 0.165. The average molecular weight is 306 g/mol. The van der Waals surface area contributed by atoms with Gasteiger partial charge in [-0.25, -0.2) is 0 Å². The third-order valence-electron chi connectivity index (χ3n) is 2.49. The summed E-state index contributed by atoms with van der Waals surface area (Å²) >= 11 is 5.94. The number of aryl methyl sites for hydroxylation is 1. The Kier molecular flexibility index (Phi) is 4.17.